The molecule has 0 unspecified atom stereocenters. The van der Waals surface area contributed by atoms with Gasteiger partial charge in [-0.05, 0) is 18.2 Å². The Labute approximate surface area is 106 Å². The second kappa shape index (κ2) is 4.84. The number of rotatable bonds is 2. The number of piperazine rings is 1. The van der Waals surface area contributed by atoms with Gasteiger partial charge in [-0.2, -0.15) is 0 Å². The van der Waals surface area contributed by atoms with E-state index >= 15 is 0 Å². The number of likely N-dealkylation sites (N-methyl/N-ethyl adjacent to an activating group) is 1. The number of nitrogens with zero attached hydrogens (tertiary/aromatic N) is 2. The Morgan fingerprint density at radius 2 is 2.12 bits per heavy atom. The number of carbonyl (C=O) groups is 1. The molecule has 1 aliphatic rings. The van der Waals surface area contributed by atoms with Crippen LogP contribution in [0.3, 0.4) is 0 Å². The smallest absolute Gasteiger partial charge is 0.241 e. The molecular weight excluding hydrogens is 240 g/mol. The lowest BCUT2D eigenvalue weighted by Crippen LogP contribution is -2.48. The topological polar surface area (TPSA) is 32.8 Å². The Morgan fingerprint density at radius 1 is 1.35 bits per heavy atom. The Bertz CT molecular complexity index is 437. The van der Waals surface area contributed by atoms with Gasteiger partial charge in [0.2, 0.25) is 5.91 Å². The summed E-state index contributed by atoms with van der Waals surface area (Å²) in [7, 11) is 3.40. The van der Waals surface area contributed by atoms with Crippen LogP contribution in [0.4, 0.5) is 5.69 Å². The normalized spacial score (nSPS) is 16.3. The quantitative estimate of drug-likeness (QED) is 0.804. The molecule has 92 valence electrons. The molecule has 5 heteroatoms. The lowest BCUT2D eigenvalue weighted by Gasteiger charge is -2.33. The number of ether oxygens (including phenoxy) is 1. The van der Waals surface area contributed by atoms with Gasteiger partial charge in [0, 0.05) is 25.8 Å². The minimum atomic E-state index is 0.128. The van der Waals surface area contributed by atoms with Crippen molar-refractivity contribution in [3.8, 4) is 5.75 Å². The predicted octanol–water partition coefficient (Wildman–Crippen LogP) is 1.63. The van der Waals surface area contributed by atoms with E-state index in [2.05, 4.69) is 0 Å². The van der Waals surface area contributed by atoms with E-state index in [0.29, 0.717) is 17.3 Å². The van der Waals surface area contributed by atoms with Crippen molar-refractivity contribution in [1.82, 2.24) is 4.90 Å². The van der Waals surface area contributed by atoms with E-state index in [0.717, 1.165) is 18.8 Å². The highest BCUT2D eigenvalue weighted by atomic mass is 35.5. The fraction of sp³-hybridized carbons (Fsp3) is 0.417. The summed E-state index contributed by atoms with van der Waals surface area (Å²) in [5, 5.41) is 0.566. The third-order valence-electron chi connectivity index (χ3n) is 2.96. The van der Waals surface area contributed by atoms with Crippen molar-refractivity contribution >= 4 is 23.2 Å². The van der Waals surface area contributed by atoms with Gasteiger partial charge in [0.15, 0.2) is 0 Å². The molecule has 0 spiro atoms. The van der Waals surface area contributed by atoms with Gasteiger partial charge in [0.25, 0.3) is 0 Å². The van der Waals surface area contributed by atoms with Gasteiger partial charge in [-0.25, -0.2) is 0 Å². The molecule has 17 heavy (non-hydrogen) atoms. The molecule has 2 rings (SSSR count). The SMILES string of the molecule is COc1ccc(N2CCN(C)C(=O)C2)cc1Cl. The third-order valence-corrected chi connectivity index (χ3v) is 3.25. The molecule has 1 aliphatic heterocycles. The van der Waals surface area contributed by atoms with Gasteiger partial charge in [-0.1, -0.05) is 11.6 Å². The van der Waals surface area contributed by atoms with Crippen LogP contribution in [0.2, 0.25) is 5.02 Å². The minimum Gasteiger partial charge on any atom is -0.495 e. The number of hydrogen-bond donors (Lipinski definition) is 0. The van der Waals surface area contributed by atoms with Crippen molar-refractivity contribution < 1.29 is 9.53 Å². The van der Waals surface area contributed by atoms with Crippen LogP contribution in [0.1, 0.15) is 0 Å². The summed E-state index contributed by atoms with van der Waals surface area (Å²) in [4.78, 5) is 15.4. The number of halogens is 1. The fourth-order valence-electron chi connectivity index (χ4n) is 1.83. The summed E-state index contributed by atoms with van der Waals surface area (Å²) in [6.07, 6.45) is 0. The maximum atomic E-state index is 11.6. The summed E-state index contributed by atoms with van der Waals surface area (Å²) >= 11 is 6.07. The molecule has 0 saturated carbocycles. The molecule has 0 aliphatic carbocycles. The van der Waals surface area contributed by atoms with Crippen molar-refractivity contribution in [1.29, 1.82) is 0 Å². The van der Waals surface area contributed by atoms with Crippen molar-refractivity contribution in [2.75, 3.05) is 38.7 Å². The van der Waals surface area contributed by atoms with Crippen LogP contribution >= 0.6 is 11.6 Å². The largest absolute Gasteiger partial charge is 0.495 e. The zero-order valence-electron chi connectivity index (χ0n) is 9.94. The van der Waals surface area contributed by atoms with E-state index < -0.39 is 0 Å². The van der Waals surface area contributed by atoms with Crippen LogP contribution in [0.15, 0.2) is 18.2 Å². The number of methoxy groups -OCH3 is 1. The van der Waals surface area contributed by atoms with Gasteiger partial charge in [-0.15, -0.1) is 0 Å². The Balaban J connectivity index is 2.18. The maximum absolute atomic E-state index is 11.6. The first-order valence-corrected chi connectivity index (χ1v) is 5.82. The summed E-state index contributed by atoms with van der Waals surface area (Å²) in [5.74, 6) is 0.777. The molecule has 0 N–H and O–H groups in total. The van der Waals surface area contributed by atoms with E-state index in [1.54, 1.807) is 12.0 Å². The van der Waals surface area contributed by atoms with Crippen LogP contribution in [0, 0.1) is 0 Å². The third kappa shape index (κ3) is 2.47. The van der Waals surface area contributed by atoms with Crippen molar-refractivity contribution in [2.24, 2.45) is 0 Å². The van der Waals surface area contributed by atoms with Crippen LogP contribution in [0.5, 0.6) is 5.75 Å². The molecule has 1 aromatic carbocycles. The number of carbonyl (C=O) groups excluding carboxylic acids is 1. The lowest BCUT2D eigenvalue weighted by molar-refractivity contribution is -0.129. The zero-order valence-corrected chi connectivity index (χ0v) is 10.7. The van der Waals surface area contributed by atoms with E-state index in [1.807, 2.05) is 30.1 Å². The Morgan fingerprint density at radius 3 is 2.71 bits per heavy atom. The van der Waals surface area contributed by atoms with Crippen molar-refractivity contribution in [3.05, 3.63) is 23.2 Å². The van der Waals surface area contributed by atoms with E-state index in [4.69, 9.17) is 16.3 Å². The molecule has 1 fully saturated rings. The molecule has 1 amide bonds. The lowest BCUT2D eigenvalue weighted by atomic mass is 10.2. The predicted molar refractivity (Wildman–Crippen MR) is 67.9 cm³/mol. The summed E-state index contributed by atoms with van der Waals surface area (Å²) in [6.45, 7) is 1.96. The first-order valence-electron chi connectivity index (χ1n) is 5.44. The monoisotopic (exact) mass is 254 g/mol. The van der Waals surface area contributed by atoms with Crippen LogP contribution in [-0.4, -0.2) is 44.6 Å². The van der Waals surface area contributed by atoms with Gasteiger partial charge in [0.1, 0.15) is 5.75 Å². The minimum absolute atomic E-state index is 0.128. The first-order chi connectivity index (χ1) is 8.11. The molecule has 1 aromatic rings. The molecule has 0 aromatic heterocycles. The highest BCUT2D eigenvalue weighted by Gasteiger charge is 2.21. The molecule has 4 nitrogen and oxygen atoms in total. The number of hydrogen-bond acceptors (Lipinski definition) is 3. The van der Waals surface area contributed by atoms with E-state index in [1.165, 1.54) is 0 Å². The molecule has 1 saturated heterocycles. The highest BCUT2D eigenvalue weighted by Crippen LogP contribution is 2.29. The summed E-state index contributed by atoms with van der Waals surface area (Å²) < 4.78 is 5.10. The van der Waals surface area contributed by atoms with Crippen LogP contribution in [-0.2, 0) is 4.79 Å². The number of anilines is 1. The molecule has 0 radical (unpaired) electrons. The molecule has 0 atom stereocenters. The van der Waals surface area contributed by atoms with E-state index in [9.17, 15) is 4.79 Å². The average Bonchev–Trinajstić information content (AvgIpc) is 2.32. The number of benzene rings is 1. The fourth-order valence-corrected chi connectivity index (χ4v) is 2.08. The second-order valence-electron chi connectivity index (χ2n) is 4.06. The molecule has 1 heterocycles. The van der Waals surface area contributed by atoms with Crippen LogP contribution in [0.25, 0.3) is 0 Å². The summed E-state index contributed by atoms with van der Waals surface area (Å²) in [6, 6.07) is 5.57. The molecule has 0 bridgehead atoms. The Hall–Kier alpha value is -1.42. The Kier molecular flexibility index (Phi) is 3.43. The highest BCUT2D eigenvalue weighted by molar-refractivity contribution is 6.32. The second-order valence-corrected chi connectivity index (χ2v) is 4.46. The van der Waals surface area contributed by atoms with Crippen LogP contribution < -0.4 is 9.64 Å². The summed E-state index contributed by atoms with van der Waals surface area (Å²) in [5.41, 5.74) is 0.956. The van der Waals surface area contributed by atoms with Gasteiger partial charge < -0.3 is 14.5 Å². The van der Waals surface area contributed by atoms with Crippen molar-refractivity contribution in [2.45, 2.75) is 0 Å². The average molecular weight is 255 g/mol. The van der Waals surface area contributed by atoms with Gasteiger partial charge in [0.05, 0.1) is 18.7 Å². The van der Waals surface area contributed by atoms with Gasteiger partial charge in [-0.3, -0.25) is 4.79 Å². The number of amides is 1. The first kappa shape index (κ1) is 12.0. The van der Waals surface area contributed by atoms with E-state index in [-0.39, 0.29) is 5.91 Å². The maximum Gasteiger partial charge on any atom is 0.241 e. The zero-order chi connectivity index (χ0) is 12.4. The van der Waals surface area contributed by atoms with Crippen molar-refractivity contribution in [3.63, 3.8) is 0 Å². The molecular formula is C12H15ClN2O2. The standard InChI is InChI=1S/C12H15ClN2O2/c1-14-5-6-15(8-12(14)16)9-3-4-11(17-2)10(13)7-9/h3-4,7H,5-6,8H2,1-2H3. The van der Waals surface area contributed by atoms with Gasteiger partial charge >= 0.3 is 0 Å².